The second-order valence-electron chi connectivity index (χ2n) is 5.99. The average molecular weight is 327 g/mol. The lowest BCUT2D eigenvalue weighted by Crippen LogP contribution is -2.34. The van der Waals surface area contributed by atoms with E-state index in [-0.39, 0.29) is 6.04 Å². The molecular weight excluding hydrogens is 306 g/mol. The molecular formula is C19H21NO2S. The largest absolute Gasteiger partial charge is 0.241 e. The van der Waals surface area contributed by atoms with E-state index in [0.29, 0.717) is 4.90 Å². The van der Waals surface area contributed by atoms with Crippen molar-refractivity contribution in [3.63, 3.8) is 0 Å². The maximum Gasteiger partial charge on any atom is 0.241 e. The highest BCUT2D eigenvalue weighted by Gasteiger charge is 2.21. The predicted octanol–water partition coefficient (Wildman–Crippen LogP) is 3.91. The molecule has 0 saturated heterocycles. The number of rotatable bonds is 4. The predicted molar refractivity (Wildman–Crippen MR) is 93.6 cm³/mol. The fourth-order valence-corrected chi connectivity index (χ4v) is 4.11. The third kappa shape index (κ3) is 3.89. The topological polar surface area (TPSA) is 46.2 Å². The molecule has 23 heavy (non-hydrogen) atoms. The van der Waals surface area contributed by atoms with Gasteiger partial charge >= 0.3 is 0 Å². The number of nitrogens with one attached hydrogen (secondary N) is 1. The first-order valence-corrected chi connectivity index (χ1v) is 9.38. The lowest BCUT2D eigenvalue weighted by molar-refractivity contribution is 0.551. The molecule has 0 radical (unpaired) electrons. The van der Waals surface area contributed by atoms with Crippen molar-refractivity contribution in [1.82, 2.24) is 4.72 Å². The Morgan fingerprint density at radius 3 is 2.39 bits per heavy atom. The third-order valence-corrected chi connectivity index (χ3v) is 5.65. The standard InChI is InChI=1S/C19H21NO2S/c1-15-10-12-19(13-11-15)23(21,22)20-18-9-5-8-17(14-18)16-6-3-2-4-7-16/h2-4,6-7,10-14,18,20H,5,8-9H2,1H3. The normalized spacial score (nSPS) is 18.5. The molecule has 0 aliphatic heterocycles. The summed E-state index contributed by atoms with van der Waals surface area (Å²) >= 11 is 0. The Morgan fingerprint density at radius 1 is 1.00 bits per heavy atom. The number of aryl methyl sites for hydroxylation is 1. The molecule has 0 saturated carbocycles. The van der Waals surface area contributed by atoms with Crippen molar-refractivity contribution < 1.29 is 8.42 Å². The van der Waals surface area contributed by atoms with E-state index in [0.717, 1.165) is 24.8 Å². The molecule has 3 rings (SSSR count). The Balaban J connectivity index is 1.80. The van der Waals surface area contributed by atoms with Gasteiger partial charge in [-0.1, -0.05) is 54.1 Å². The smallest absolute Gasteiger partial charge is 0.207 e. The minimum Gasteiger partial charge on any atom is -0.207 e. The molecule has 1 aliphatic rings. The molecule has 3 nitrogen and oxygen atoms in total. The van der Waals surface area contributed by atoms with Crippen LogP contribution in [0.25, 0.3) is 5.57 Å². The van der Waals surface area contributed by atoms with Crippen LogP contribution < -0.4 is 4.72 Å². The second-order valence-corrected chi connectivity index (χ2v) is 7.70. The van der Waals surface area contributed by atoms with Crippen molar-refractivity contribution in [2.45, 2.75) is 37.1 Å². The van der Waals surface area contributed by atoms with Gasteiger partial charge in [-0.15, -0.1) is 0 Å². The minimum atomic E-state index is -3.48. The number of benzene rings is 2. The Morgan fingerprint density at radius 2 is 1.70 bits per heavy atom. The summed E-state index contributed by atoms with van der Waals surface area (Å²) < 4.78 is 27.9. The van der Waals surface area contributed by atoms with Gasteiger partial charge in [0.15, 0.2) is 0 Å². The van der Waals surface area contributed by atoms with E-state index in [1.54, 1.807) is 12.1 Å². The molecule has 1 N–H and O–H groups in total. The molecule has 0 amide bonds. The molecule has 4 heteroatoms. The molecule has 0 spiro atoms. The van der Waals surface area contributed by atoms with Crippen molar-refractivity contribution in [1.29, 1.82) is 0 Å². The molecule has 1 unspecified atom stereocenters. The van der Waals surface area contributed by atoms with Gasteiger partial charge in [-0.05, 0) is 49.5 Å². The first-order chi connectivity index (χ1) is 11.0. The van der Waals surface area contributed by atoms with Gasteiger partial charge < -0.3 is 0 Å². The average Bonchev–Trinajstić information content (AvgIpc) is 2.56. The van der Waals surface area contributed by atoms with Crippen LogP contribution >= 0.6 is 0 Å². The molecule has 0 fully saturated rings. The molecule has 120 valence electrons. The summed E-state index contributed by atoms with van der Waals surface area (Å²) in [5, 5.41) is 0. The summed E-state index contributed by atoms with van der Waals surface area (Å²) in [6.07, 6.45) is 4.88. The molecule has 0 aromatic heterocycles. The molecule has 0 bridgehead atoms. The van der Waals surface area contributed by atoms with Crippen molar-refractivity contribution in [3.8, 4) is 0 Å². The Labute approximate surface area is 138 Å². The van der Waals surface area contributed by atoms with Gasteiger partial charge in [0.05, 0.1) is 4.90 Å². The van der Waals surface area contributed by atoms with Gasteiger partial charge in [0, 0.05) is 6.04 Å². The number of sulfonamides is 1. The SMILES string of the molecule is Cc1ccc(S(=O)(=O)NC2C=C(c3ccccc3)CCC2)cc1. The minimum absolute atomic E-state index is 0.148. The van der Waals surface area contributed by atoms with Crippen molar-refractivity contribution >= 4 is 15.6 Å². The van der Waals surface area contributed by atoms with Gasteiger partial charge in [0.25, 0.3) is 0 Å². The van der Waals surface area contributed by atoms with E-state index < -0.39 is 10.0 Å². The van der Waals surface area contributed by atoms with E-state index in [1.165, 1.54) is 11.1 Å². The second kappa shape index (κ2) is 6.69. The number of hydrogen-bond acceptors (Lipinski definition) is 2. The van der Waals surface area contributed by atoms with E-state index >= 15 is 0 Å². The van der Waals surface area contributed by atoms with Crippen LogP contribution in [0.3, 0.4) is 0 Å². The maximum atomic E-state index is 12.5. The lowest BCUT2D eigenvalue weighted by atomic mass is 9.91. The van der Waals surface area contributed by atoms with E-state index in [2.05, 4.69) is 22.9 Å². The summed E-state index contributed by atoms with van der Waals surface area (Å²) in [4.78, 5) is 0.323. The molecule has 0 heterocycles. The zero-order valence-electron chi connectivity index (χ0n) is 13.2. The number of allylic oxidation sites excluding steroid dienone is 1. The van der Waals surface area contributed by atoms with Gasteiger partial charge in [-0.2, -0.15) is 0 Å². The van der Waals surface area contributed by atoms with Crippen molar-refractivity contribution in [2.75, 3.05) is 0 Å². The quantitative estimate of drug-likeness (QED) is 0.925. The van der Waals surface area contributed by atoms with Gasteiger partial charge in [-0.25, -0.2) is 13.1 Å². The molecule has 2 aromatic rings. The molecule has 1 aliphatic carbocycles. The van der Waals surface area contributed by atoms with Crippen LogP contribution in [0.5, 0.6) is 0 Å². The summed E-state index contributed by atoms with van der Waals surface area (Å²) in [5.74, 6) is 0. The lowest BCUT2D eigenvalue weighted by Gasteiger charge is -2.22. The maximum absolute atomic E-state index is 12.5. The van der Waals surface area contributed by atoms with Crippen LogP contribution in [0.4, 0.5) is 0 Å². The van der Waals surface area contributed by atoms with Crippen molar-refractivity contribution in [3.05, 3.63) is 71.8 Å². The summed E-state index contributed by atoms with van der Waals surface area (Å²) in [6, 6.07) is 17.0. The molecule has 1 atom stereocenters. The van der Waals surface area contributed by atoms with Crippen LogP contribution in [-0.2, 0) is 10.0 Å². The van der Waals surface area contributed by atoms with Crippen LogP contribution in [0.15, 0.2) is 65.6 Å². The Bertz CT molecular complexity index is 793. The van der Waals surface area contributed by atoms with E-state index in [9.17, 15) is 8.42 Å². The van der Waals surface area contributed by atoms with Gasteiger partial charge in [0.2, 0.25) is 10.0 Å². The first kappa shape index (κ1) is 16.0. The first-order valence-electron chi connectivity index (χ1n) is 7.90. The summed E-state index contributed by atoms with van der Waals surface area (Å²) in [6.45, 7) is 1.94. The highest BCUT2D eigenvalue weighted by atomic mass is 32.2. The fraction of sp³-hybridized carbons (Fsp3) is 0.263. The Hall–Kier alpha value is -1.91. The van der Waals surface area contributed by atoms with E-state index in [4.69, 9.17) is 0 Å². The monoisotopic (exact) mass is 327 g/mol. The summed E-state index contributed by atoms with van der Waals surface area (Å²) in [5.41, 5.74) is 3.44. The molecule has 2 aromatic carbocycles. The van der Waals surface area contributed by atoms with Crippen LogP contribution in [0.1, 0.15) is 30.4 Å². The highest BCUT2D eigenvalue weighted by molar-refractivity contribution is 7.89. The fourth-order valence-electron chi connectivity index (χ4n) is 2.89. The van der Waals surface area contributed by atoms with Gasteiger partial charge in [0.1, 0.15) is 0 Å². The summed E-state index contributed by atoms with van der Waals surface area (Å²) in [7, 11) is -3.48. The van der Waals surface area contributed by atoms with Crippen LogP contribution in [-0.4, -0.2) is 14.5 Å². The van der Waals surface area contributed by atoms with Crippen LogP contribution in [0, 0.1) is 6.92 Å². The van der Waals surface area contributed by atoms with Crippen LogP contribution in [0.2, 0.25) is 0 Å². The van der Waals surface area contributed by atoms with Crippen molar-refractivity contribution in [2.24, 2.45) is 0 Å². The van der Waals surface area contributed by atoms with E-state index in [1.807, 2.05) is 37.3 Å². The van der Waals surface area contributed by atoms with Gasteiger partial charge in [-0.3, -0.25) is 0 Å². The third-order valence-electron chi connectivity index (χ3n) is 4.15. The number of hydrogen-bond donors (Lipinski definition) is 1. The Kier molecular flexibility index (Phi) is 4.64. The zero-order chi connectivity index (χ0) is 16.3. The highest BCUT2D eigenvalue weighted by Crippen LogP contribution is 2.27. The zero-order valence-corrected chi connectivity index (χ0v) is 14.0.